The van der Waals surface area contributed by atoms with Crippen LogP contribution >= 0.6 is 0 Å². The Morgan fingerprint density at radius 3 is 2.46 bits per heavy atom. The summed E-state index contributed by atoms with van der Waals surface area (Å²) in [5.74, 6) is -0.808. The molecular weight excluding hydrogens is 352 g/mol. The minimum atomic E-state index is -3.55. The topological polar surface area (TPSA) is 109 Å². The van der Waals surface area contributed by atoms with Gasteiger partial charge < -0.3 is 5.32 Å². The van der Waals surface area contributed by atoms with Gasteiger partial charge in [0.25, 0.3) is 0 Å². The van der Waals surface area contributed by atoms with E-state index in [1.807, 2.05) is 6.92 Å². The molecule has 24 heavy (non-hydrogen) atoms. The fourth-order valence-electron chi connectivity index (χ4n) is 2.45. The van der Waals surface area contributed by atoms with Gasteiger partial charge in [-0.2, -0.15) is 0 Å². The van der Waals surface area contributed by atoms with Crippen molar-refractivity contribution in [1.82, 2.24) is 10.0 Å². The molecule has 1 amide bonds. The van der Waals surface area contributed by atoms with E-state index in [-0.39, 0.29) is 28.9 Å². The number of sulfonamides is 1. The van der Waals surface area contributed by atoms with Crippen molar-refractivity contribution >= 4 is 25.8 Å². The number of hydrogen-bond acceptors (Lipinski definition) is 5. The highest BCUT2D eigenvalue weighted by Gasteiger charge is 2.32. The van der Waals surface area contributed by atoms with Gasteiger partial charge in [-0.05, 0) is 31.9 Å². The first kappa shape index (κ1) is 18.9. The van der Waals surface area contributed by atoms with E-state index >= 15 is 0 Å². The van der Waals surface area contributed by atoms with Gasteiger partial charge in [-0.1, -0.05) is 17.7 Å². The Labute approximate surface area is 142 Å². The largest absolute Gasteiger partial charge is 0.356 e. The van der Waals surface area contributed by atoms with E-state index < -0.39 is 25.8 Å². The number of amides is 1. The molecule has 9 heteroatoms. The molecule has 0 unspecified atom stereocenters. The quantitative estimate of drug-likeness (QED) is 0.663. The zero-order chi connectivity index (χ0) is 17.8. The molecule has 2 rings (SSSR count). The van der Waals surface area contributed by atoms with Crippen LogP contribution in [-0.2, 0) is 24.7 Å². The van der Waals surface area contributed by atoms with Crippen LogP contribution in [0.3, 0.4) is 0 Å². The first-order valence-electron chi connectivity index (χ1n) is 7.74. The zero-order valence-corrected chi connectivity index (χ0v) is 15.1. The summed E-state index contributed by atoms with van der Waals surface area (Å²) in [4.78, 5) is 12.0. The minimum absolute atomic E-state index is 0.0570. The lowest BCUT2D eigenvalue weighted by molar-refractivity contribution is -0.124. The third-order valence-corrected chi connectivity index (χ3v) is 7.12. The van der Waals surface area contributed by atoms with Crippen molar-refractivity contribution in [2.24, 2.45) is 5.92 Å². The van der Waals surface area contributed by atoms with Crippen molar-refractivity contribution in [1.29, 1.82) is 0 Å². The molecule has 0 bridgehead atoms. The van der Waals surface area contributed by atoms with Crippen molar-refractivity contribution in [2.75, 3.05) is 24.6 Å². The molecule has 0 aliphatic carbocycles. The van der Waals surface area contributed by atoms with Crippen LogP contribution in [0, 0.1) is 12.8 Å². The highest BCUT2D eigenvalue weighted by Crippen LogP contribution is 2.18. The second-order valence-electron chi connectivity index (χ2n) is 5.96. The summed E-state index contributed by atoms with van der Waals surface area (Å²) in [6, 6.07) is 6.54. The van der Waals surface area contributed by atoms with Crippen LogP contribution in [0.15, 0.2) is 29.2 Å². The SMILES string of the molecule is Cc1ccc(S(=O)(=O)NCCCNC(=O)[C@H]2CCS(=O)(=O)C2)cc1. The van der Waals surface area contributed by atoms with Gasteiger partial charge in [-0.3, -0.25) is 4.79 Å². The van der Waals surface area contributed by atoms with Gasteiger partial charge in [-0.25, -0.2) is 21.6 Å². The average molecular weight is 374 g/mol. The maximum absolute atomic E-state index is 12.1. The lowest BCUT2D eigenvalue weighted by atomic mass is 10.1. The highest BCUT2D eigenvalue weighted by molar-refractivity contribution is 7.91. The van der Waals surface area contributed by atoms with Crippen LogP contribution in [0.5, 0.6) is 0 Å². The molecule has 0 radical (unpaired) electrons. The van der Waals surface area contributed by atoms with Gasteiger partial charge in [0.1, 0.15) is 0 Å². The number of benzene rings is 1. The Morgan fingerprint density at radius 1 is 1.21 bits per heavy atom. The fourth-order valence-corrected chi connectivity index (χ4v) is 5.27. The number of nitrogens with one attached hydrogen (secondary N) is 2. The van der Waals surface area contributed by atoms with E-state index in [0.717, 1.165) is 5.56 Å². The monoisotopic (exact) mass is 374 g/mol. The first-order chi connectivity index (χ1) is 11.2. The lowest BCUT2D eigenvalue weighted by Crippen LogP contribution is -2.34. The normalized spacial score (nSPS) is 20.0. The summed E-state index contributed by atoms with van der Waals surface area (Å²) >= 11 is 0. The Hall–Kier alpha value is -1.45. The summed E-state index contributed by atoms with van der Waals surface area (Å²) in [5.41, 5.74) is 0.977. The summed E-state index contributed by atoms with van der Waals surface area (Å²) in [5, 5.41) is 2.66. The third kappa shape index (κ3) is 5.29. The minimum Gasteiger partial charge on any atom is -0.356 e. The van der Waals surface area contributed by atoms with Crippen molar-refractivity contribution in [3.8, 4) is 0 Å². The van der Waals surface area contributed by atoms with E-state index in [0.29, 0.717) is 19.4 Å². The molecule has 7 nitrogen and oxygen atoms in total. The van der Waals surface area contributed by atoms with Crippen LogP contribution in [0.4, 0.5) is 0 Å². The summed E-state index contributed by atoms with van der Waals surface area (Å²) in [6.07, 6.45) is 0.782. The summed E-state index contributed by atoms with van der Waals surface area (Å²) in [6.45, 7) is 2.37. The molecule has 0 saturated carbocycles. The van der Waals surface area contributed by atoms with Crippen LogP contribution in [-0.4, -0.2) is 47.3 Å². The number of carbonyl (C=O) groups is 1. The molecule has 2 N–H and O–H groups in total. The predicted molar refractivity (Wildman–Crippen MR) is 90.8 cm³/mol. The van der Waals surface area contributed by atoms with E-state index in [1.54, 1.807) is 24.3 Å². The molecule has 0 spiro atoms. The summed E-state index contributed by atoms with van der Waals surface area (Å²) in [7, 11) is -6.63. The van der Waals surface area contributed by atoms with E-state index in [2.05, 4.69) is 10.0 Å². The smallest absolute Gasteiger partial charge is 0.240 e. The molecule has 1 aromatic carbocycles. The lowest BCUT2D eigenvalue weighted by Gasteiger charge is -2.10. The highest BCUT2D eigenvalue weighted by atomic mass is 32.2. The molecule has 1 aromatic rings. The molecule has 1 heterocycles. The Morgan fingerprint density at radius 2 is 1.88 bits per heavy atom. The van der Waals surface area contributed by atoms with Gasteiger partial charge in [-0.15, -0.1) is 0 Å². The Balaban J connectivity index is 1.71. The number of carbonyl (C=O) groups excluding carboxylic acids is 1. The molecule has 1 saturated heterocycles. The molecule has 1 aliphatic heterocycles. The van der Waals surface area contributed by atoms with Gasteiger partial charge >= 0.3 is 0 Å². The molecule has 1 atom stereocenters. The second kappa shape index (κ2) is 7.62. The van der Waals surface area contributed by atoms with E-state index in [4.69, 9.17) is 0 Å². The Kier molecular flexibility index (Phi) is 6.00. The van der Waals surface area contributed by atoms with Gasteiger partial charge in [0.05, 0.1) is 22.3 Å². The van der Waals surface area contributed by atoms with E-state index in [9.17, 15) is 21.6 Å². The molecule has 1 fully saturated rings. The maximum Gasteiger partial charge on any atom is 0.240 e. The number of hydrogen-bond donors (Lipinski definition) is 2. The Bertz CT molecular complexity index is 786. The standard InChI is InChI=1S/C15H22N2O5S2/c1-12-3-5-14(6-4-12)24(21,22)17-9-2-8-16-15(18)13-7-10-23(19,20)11-13/h3-6,13,17H,2,7-11H2,1H3,(H,16,18)/t13-/m0/s1. The fraction of sp³-hybridized carbons (Fsp3) is 0.533. The van der Waals surface area contributed by atoms with E-state index in [1.165, 1.54) is 0 Å². The van der Waals surface area contributed by atoms with Crippen molar-refractivity contribution in [3.63, 3.8) is 0 Å². The third-order valence-electron chi connectivity index (χ3n) is 3.88. The predicted octanol–water partition coefficient (Wildman–Crippen LogP) is 0.214. The van der Waals surface area contributed by atoms with Crippen LogP contribution < -0.4 is 10.0 Å². The molecular formula is C15H22N2O5S2. The van der Waals surface area contributed by atoms with Crippen molar-refractivity contribution in [3.05, 3.63) is 29.8 Å². The van der Waals surface area contributed by atoms with Gasteiger partial charge in [0.15, 0.2) is 9.84 Å². The van der Waals surface area contributed by atoms with Crippen molar-refractivity contribution < 1.29 is 21.6 Å². The van der Waals surface area contributed by atoms with Crippen LogP contribution in [0.1, 0.15) is 18.4 Å². The van der Waals surface area contributed by atoms with Gasteiger partial charge in [0.2, 0.25) is 15.9 Å². The van der Waals surface area contributed by atoms with Crippen LogP contribution in [0.2, 0.25) is 0 Å². The molecule has 0 aromatic heterocycles. The zero-order valence-electron chi connectivity index (χ0n) is 13.5. The number of aryl methyl sites for hydroxylation is 1. The molecule has 1 aliphatic rings. The average Bonchev–Trinajstić information content (AvgIpc) is 2.87. The first-order valence-corrected chi connectivity index (χ1v) is 11.0. The second-order valence-corrected chi connectivity index (χ2v) is 9.95. The van der Waals surface area contributed by atoms with Crippen LogP contribution in [0.25, 0.3) is 0 Å². The maximum atomic E-state index is 12.1. The van der Waals surface area contributed by atoms with Crippen molar-refractivity contribution in [2.45, 2.75) is 24.7 Å². The number of rotatable bonds is 7. The summed E-state index contributed by atoms with van der Waals surface area (Å²) < 4.78 is 49.3. The molecule has 134 valence electrons. The van der Waals surface area contributed by atoms with Gasteiger partial charge in [0, 0.05) is 13.1 Å². The number of sulfone groups is 1.